The second kappa shape index (κ2) is 8.68. The Morgan fingerprint density at radius 1 is 1.12 bits per heavy atom. The first-order chi connectivity index (χ1) is 12.1. The average molecular weight is 345 g/mol. The van der Waals surface area contributed by atoms with Crippen molar-refractivity contribution in [2.24, 2.45) is 5.92 Å². The van der Waals surface area contributed by atoms with Crippen molar-refractivity contribution >= 4 is 6.03 Å². The first kappa shape index (κ1) is 18.2. The molecule has 25 heavy (non-hydrogen) atoms. The lowest BCUT2D eigenvalue weighted by atomic mass is 10.0. The molecule has 1 aromatic rings. The molecule has 0 aliphatic carbocycles. The van der Waals surface area contributed by atoms with Gasteiger partial charge in [-0.25, -0.2) is 4.79 Å². The van der Waals surface area contributed by atoms with Crippen LogP contribution in [-0.4, -0.2) is 61.6 Å². The number of rotatable bonds is 5. The number of benzene rings is 1. The molecule has 0 saturated carbocycles. The van der Waals surface area contributed by atoms with Gasteiger partial charge in [0.15, 0.2) is 0 Å². The molecule has 1 atom stereocenters. The van der Waals surface area contributed by atoms with Gasteiger partial charge < -0.3 is 15.5 Å². The predicted molar refractivity (Wildman–Crippen MR) is 102 cm³/mol. The van der Waals surface area contributed by atoms with Crippen LogP contribution in [0, 0.1) is 12.8 Å². The summed E-state index contributed by atoms with van der Waals surface area (Å²) in [7, 11) is 2.21. The van der Waals surface area contributed by atoms with E-state index in [1.807, 2.05) is 12.1 Å². The number of aryl methyl sites for hydroxylation is 1. The van der Waals surface area contributed by atoms with Crippen LogP contribution in [0.5, 0.6) is 0 Å². The van der Waals surface area contributed by atoms with E-state index in [1.165, 1.54) is 50.0 Å². The first-order valence-corrected chi connectivity index (χ1v) is 9.60. The molecule has 5 heteroatoms. The Hall–Kier alpha value is -1.59. The minimum Gasteiger partial charge on any atom is -0.338 e. The number of amides is 2. The van der Waals surface area contributed by atoms with Crippen molar-refractivity contribution in [1.29, 1.82) is 0 Å². The van der Waals surface area contributed by atoms with Crippen LogP contribution in [0.3, 0.4) is 0 Å². The SMILES string of the molecule is Cc1ccccc1CNC(=O)NC[C@@H]1CCN(C2CCN(C)CC2)C1. The van der Waals surface area contributed by atoms with Gasteiger partial charge in [0.25, 0.3) is 0 Å². The first-order valence-electron chi connectivity index (χ1n) is 9.60. The van der Waals surface area contributed by atoms with E-state index in [-0.39, 0.29) is 6.03 Å². The molecule has 0 radical (unpaired) electrons. The van der Waals surface area contributed by atoms with Crippen LogP contribution in [0.2, 0.25) is 0 Å². The highest BCUT2D eigenvalue weighted by Gasteiger charge is 2.30. The van der Waals surface area contributed by atoms with E-state index < -0.39 is 0 Å². The zero-order valence-electron chi connectivity index (χ0n) is 15.6. The molecule has 0 spiro atoms. The lowest BCUT2D eigenvalue weighted by Gasteiger charge is -2.35. The van der Waals surface area contributed by atoms with Gasteiger partial charge in [0.05, 0.1) is 0 Å². The zero-order chi connectivity index (χ0) is 17.6. The molecule has 0 unspecified atom stereocenters. The van der Waals surface area contributed by atoms with Gasteiger partial charge in [-0.15, -0.1) is 0 Å². The van der Waals surface area contributed by atoms with Gasteiger partial charge in [-0.1, -0.05) is 24.3 Å². The molecule has 138 valence electrons. The number of likely N-dealkylation sites (tertiary alicyclic amines) is 2. The lowest BCUT2D eigenvalue weighted by molar-refractivity contribution is 0.140. The summed E-state index contributed by atoms with van der Waals surface area (Å²) in [6, 6.07) is 8.86. The molecule has 2 aliphatic rings. The largest absolute Gasteiger partial charge is 0.338 e. The molecule has 2 fully saturated rings. The number of carbonyl (C=O) groups excluding carboxylic acids is 1. The third kappa shape index (κ3) is 5.19. The maximum Gasteiger partial charge on any atom is 0.315 e. The highest BCUT2D eigenvalue weighted by Crippen LogP contribution is 2.23. The predicted octanol–water partition coefficient (Wildman–Crippen LogP) is 2.21. The molecule has 0 aromatic heterocycles. The van der Waals surface area contributed by atoms with Crippen molar-refractivity contribution < 1.29 is 4.79 Å². The molecule has 0 bridgehead atoms. The number of hydrogen-bond acceptors (Lipinski definition) is 3. The van der Waals surface area contributed by atoms with Crippen LogP contribution in [0.1, 0.15) is 30.4 Å². The van der Waals surface area contributed by atoms with Crippen LogP contribution in [0.15, 0.2) is 24.3 Å². The highest BCUT2D eigenvalue weighted by atomic mass is 16.2. The summed E-state index contributed by atoms with van der Waals surface area (Å²) in [6.07, 6.45) is 3.77. The van der Waals surface area contributed by atoms with Gasteiger partial charge >= 0.3 is 6.03 Å². The fourth-order valence-electron chi connectivity index (χ4n) is 4.00. The molecule has 2 saturated heterocycles. The van der Waals surface area contributed by atoms with Crippen LogP contribution in [0.4, 0.5) is 4.79 Å². The van der Waals surface area contributed by atoms with E-state index in [1.54, 1.807) is 0 Å². The van der Waals surface area contributed by atoms with Crippen LogP contribution >= 0.6 is 0 Å². The second-order valence-corrected chi connectivity index (χ2v) is 7.67. The quantitative estimate of drug-likeness (QED) is 0.861. The Morgan fingerprint density at radius 2 is 1.88 bits per heavy atom. The Balaban J connectivity index is 1.35. The van der Waals surface area contributed by atoms with Crippen molar-refractivity contribution in [2.45, 2.75) is 38.8 Å². The van der Waals surface area contributed by atoms with E-state index in [2.05, 4.69) is 46.5 Å². The number of carbonyl (C=O) groups is 1. The third-order valence-corrected chi connectivity index (χ3v) is 5.77. The van der Waals surface area contributed by atoms with Gasteiger partial charge in [0.2, 0.25) is 0 Å². The smallest absolute Gasteiger partial charge is 0.315 e. The second-order valence-electron chi connectivity index (χ2n) is 7.67. The Morgan fingerprint density at radius 3 is 2.64 bits per heavy atom. The molecule has 1 aromatic carbocycles. The number of nitrogens with one attached hydrogen (secondary N) is 2. The van der Waals surface area contributed by atoms with E-state index in [4.69, 9.17) is 0 Å². The van der Waals surface area contributed by atoms with Crippen molar-refractivity contribution in [1.82, 2.24) is 20.4 Å². The molecule has 2 aliphatic heterocycles. The fourth-order valence-corrected chi connectivity index (χ4v) is 4.00. The average Bonchev–Trinajstić information content (AvgIpc) is 3.09. The van der Waals surface area contributed by atoms with Crippen LogP contribution in [0.25, 0.3) is 0 Å². The zero-order valence-corrected chi connectivity index (χ0v) is 15.6. The van der Waals surface area contributed by atoms with Gasteiger partial charge in [-0.2, -0.15) is 0 Å². The highest BCUT2D eigenvalue weighted by molar-refractivity contribution is 5.73. The van der Waals surface area contributed by atoms with Gasteiger partial charge in [-0.3, -0.25) is 4.90 Å². The van der Waals surface area contributed by atoms with Gasteiger partial charge in [0.1, 0.15) is 0 Å². The summed E-state index contributed by atoms with van der Waals surface area (Å²) in [5.41, 5.74) is 2.39. The van der Waals surface area contributed by atoms with Crippen molar-refractivity contribution in [2.75, 3.05) is 39.8 Å². The number of piperidine rings is 1. The molecular formula is C20H32N4O. The third-order valence-electron chi connectivity index (χ3n) is 5.77. The van der Waals surface area contributed by atoms with Crippen molar-refractivity contribution in [3.8, 4) is 0 Å². The van der Waals surface area contributed by atoms with Gasteiger partial charge in [-0.05, 0) is 69.9 Å². The van der Waals surface area contributed by atoms with Crippen molar-refractivity contribution in [3.05, 3.63) is 35.4 Å². The summed E-state index contributed by atoms with van der Waals surface area (Å²) in [5.74, 6) is 0.587. The molecule has 3 rings (SSSR count). The number of hydrogen-bond donors (Lipinski definition) is 2. The molecule has 5 nitrogen and oxygen atoms in total. The van der Waals surface area contributed by atoms with Crippen molar-refractivity contribution in [3.63, 3.8) is 0 Å². The number of urea groups is 1. The van der Waals surface area contributed by atoms with E-state index >= 15 is 0 Å². The fraction of sp³-hybridized carbons (Fsp3) is 0.650. The van der Waals surface area contributed by atoms with E-state index in [9.17, 15) is 4.79 Å². The summed E-state index contributed by atoms with van der Waals surface area (Å²) < 4.78 is 0. The molecule has 2 amide bonds. The van der Waals surface area contributed by atoms with Crippen LogP contribution < -0.4 is 10.6 Å². The Labute approximate surface area is 151 Å². The maximum atomic E-state index is 12.1. The summed E-state index contributed by atoms with van der Waals surface area (Å²) in [4.78, 5) is 17.1. The lowest BCUT2D eigenvalue weighted by Crippen LogP contribution is -2.43. The topological polar surface area (TPSA) is 47.6 Å². The van der Waals surface area contributed by atoms with Gasteiger partial charge in [0, 0.05) is 25.7 Å². The molecular weight excluding hydrogens is 312 g/mol. The monoisotopic (exact) mass is 344 g/mol. The minimum absolute atomic E-state index is 0.0546. The standard InChI is InChI=1S/C20H32N4O/c1-16-5-3-4-6-18(16)14-22-20(25)21-13-17-7-12-24(15-17)19-8-10-23(2)11-9-19/h3-6,17,19H,7-15H2,1-2H3,(H2,21,22,25)/t17-/m0/s1. The Kier molecular flexibility index (Phi) is 6.32. The normalized spacial score (nSPS) is 22.9. The maximum absolute atomic E-state index is 12.1. The molecule has 2 N–H and O–H groups in total. The van der Waals surface area contributed by atoms with Crippen LogP contribution in [-0.2, 0) is 6.54 Å². The van der Waals surface area contributed by atoms with E-state index in [0.717, 1.165) is 19.1 Å². The summed E-state index contributed by atoms with van der Waals surface area (Å²) >= 11 is 0. The van der Waals surface area contributed by atoms with E-state index in [0.29, 0.717) is 12.5 Å². The Bertz CT molecular complexity index is 569. The minimum atomic E-state index is -0.0546. The molecule has 2 heterocycles. The summed E-state index contributed by atoms with van der Waals surface area (Å²) in [5, 5.41) is 6.03. The number of nitrogens with zero attached hydrogens (tertiary/aromatic N) is 2. The summed E-state index contributed by atoms with van der Waals surface area (Å²) in [6.45, 7) is 8.19.